The van der Waals surface area contributed by atoms with Gasteiger partial charge in [-0.2, -0.15) is 0 Å². The zero-order valence-corrected chi connectivity index (χ0v) is 16.5. The molecule has 2 bridgehead atoms. The van der Waals surface area contributed by atoms with Gasteiger partial charge >= 0.3 is 12.1 Å². The van der Waals surface area contributed by atoms with Crippen molar-refractivity contribution in [2.24, 2.45) is 16.7 Å². The first-order chi connectivity index (χ1) is 12.1. The summed E-state index contributed by atoms with van der Waals surface area (Å²) in [5.41, 5.74) is -0.901. The summed E-state index contributed by atoms with van der Waals surface area (Å²) in [5, 5.41) is 0. The standard InChI is InChI=1S/C17H28O8S/c1-5-16(2,3)14(18)22-8-9-23-15(19)24-13-12(25-26(20)21)11-6-7-17(13,4)10-11/h11-13H,5-10H2,1-4H3,(H,20,21)/p-1. The van der Waals surface area contributed by atoms with Crippen LogP contribution in [0.1, 0.15) is 53.4 Å². The van der Waals surface area contributed by atoms with Crippen LogP contribution < -0.4 is 0 Å². The Morgan fingerprint density at radius 1 is 1.27 bits per heavy atom. The lowest BCUT2D eigenvalue weighted by Gasteiger charge is -2.35. The molecule has 0 radical (unpaired) electrons. The third-order valence-electron chi connectivity index (χ3n) is 5.65. The van der Waals surface area contributed by atoms with Crippen molar-refractivity contribution in [2.45, 2.75) is 65.6 Å². The van der Waals surface area contributed by atoms with Crippen LogP contribution in [0.25, 0.3) is 0 Å². The fourth-order valence-corrected chi connectivity index (χ4v) is 4.11. The molecule has 2 aliphatic carbocycles. The molecular formula is C17H27O8S-. The zero-order valence-electron chi connectivity index (χ0n) is 15.6. The molecule has 5 atom stereocenters. The third kappa shape index (κ3) is 4.75. The van der Waals surface area contributed by atoms with E-state index in [2.05, 4.69) is 0 Å². The maximum Gasteiger partial charge on any atom is 0.508 e. The van der Waals surface area contributed by atoms with Gasteiger partial charge in [-0.05, 0) is 45.4 Å². The van der Waals surface area contributed by atoms with Gasteiger partial charge in [0, 0.05) is 5.41 Å². The zero-order chi connectivity index (χ0) is 19.5. The molecule has 0 aromatic rings. The predicted molar refractivity (Wildman–Crippen MR) is 90.5 cm³/mol. The molecule has 26 heavy (non-hydrogen) atoms. The van der Waals surface area contributed by atoms with Gasteiger partial charge in [0.15, 0.2) is 0 Å². The van der Waals surface area contributed by atoms with Crippen LogP contribution in [0.4, 0.5) is 4.79 Å². The van der Waals surface area contributed by atoms with E-state index in [1.54, 1.807) is 13.8 Å². The Hall–Kier alpha value is -1.19. The highest BCUT2D eigenvalue weighted by atomic mass is 32.2. The van der Waals surface area contributed by atoms with E-state index in [9.17, 15) is 18.4 Å². The predicted octanol–water partition coefficient (Wildman–Crippen LogP) is 2.49. The van der Waals surface area contributed by atoms with E-state index < -0.39 is 35.1 Å². The summed E-state index contributed by atoms with van der Waals surface area (Å²) < 4.78 is 42.2. The second kappa shape index (κ2) is 8.22. The number of fused-ring (bicyclic) bond motifs is 2. The second-order valence-electron chi connectivity index (χ2n) is 7.93. The van der Waals surface area contributed by atoms with Gasteiger partial charge in [0.25, 0.3) is 0 Å². The number of ether oxygens (including phenoxy) is 3. The first-order valence-corrected chi connectivity index (χ1v) is 9.86. The molecule has 9 heteroatoms. The van der Waals surface area contributed by atoms with Crippen LogP contribution in [0.2, 0.25) is 0 Å². The van der Waals surface area contributed by atoms with E-state index in [1.807, 2.05) is 13.8 Å². The molecule has 2 aliphatic rings. The topological polar surface area (TPSA) is 111 Å². The van der Waals surface area contributed by atoms with Crippen molar-refractivity contribution in [1.82, 2.24) is 0 Å². The fourth-order valence-electron chi connectivity index (χ4n) is 3.67. The van der Waals surface area contributed by atoms with Gasteiger partial charge in [-0.25, -0.2) is 9.00 Å². The smallest absolute Gasteiger partial charge is 0.508 e. The molecule has 0 aromatic heterocycles. The van der Waals surface area contributed by atoms with E-state index in [4.69, 9.17) is 18.4 Å². The largest absolute Gasteiger partial charge is 0.750 e. The summed E-state index contributed by atoms with van der Waals surface area (Å²) in [6.07, 6.45) is 0.798. The van der Waals surface area contributed by atoms with Crippen LogP contribution in [0.15, 0.2) is 0 Å². The quantitative estimate of drug-likeness (QED) is 0.352. The molecule has 150 valence electrons. The number of hydrogen-bond acceptors (Lipinski definition) is 8. The van der Waals surface area contributed by atoms with Crippen molar-refractivity contribution >= 4 is 23.5 Å². The maximum absolute atomic E-state index is 12.0. The monoisotopic (exact) mass is 391 g/mol. The fraction of sp³-hybridized carbons (Fsp3) is 0.882. The molecule has 0 heterocycles. The minimum absolute atomic E-state index is 0.0490. The normalized spacial score (nSPS) is 31.5. The summed E-state index contributed by atoms with van der Waals surface area (Å²) in [7, 11) is 0. The summed E-state index contributed by atoms with van der Waals surface area (Å²) >= 11 is -2.67. The van der Waals surface area contributed by atoms with E-state index in [-0.39, 0.29) is 30.5 Å². The average Bonchev–Trinajstić information content (AvgIpc) is 3.06. The van der Waals surface area contributed by atoms with Gasteiger partial charge < -0.3 is 18.8 Å². The van der Waals surface area contributed by atoms with Gasteiger partial charge in [0.1, 0.15) is 25.4 Å². The van der Waals surface area contributed by atoms with Crippen molar-refractivity contribution in [3.05, 3.63) is 0 Å². The molecule has 0 N–H and O–H groups in total. The van der Waals surface area contributed by atoms with E-state index in [0.717, 1.165) is 19.3 Å². The van der Waals surface area contributed by atoms with Crippen LogP contribution in [0.5, 0.6) is 0 Å². The maximum atomic E-state index is 12.0. The van der Waals surface area contributed by atoms with Crippen LogP contribution in [0.3, 0.4) is 0 Å². The Morgan fingerprint density at radius 2 is 1.92 bits per heavy atom. The summed E-state index contributed by atoms with van der Waals surface area (Å²) in [5.74, 6) is -0.308. The molecule has 0 amide bonds. The Bertz CT molecular complexity index is 563. The van der Waals surface area contributed by atoms with Crippen molar-refractivity contribution in [3.8, 4) is 0 Å². The molecule has 2 fully saturated rings. The average molecular weight is 391 g/mol. The molecular weight excluding hydrogens is 364 g/mol. The molecule has 0 saturated heterocycles. The summed E-state index contributed by atoms with van der Waals surface area (Å²) in [4.78, 5) is 23.8. The summed E-state index contributed by atoms with van der Waals surface area (Å²) in [6.45, 7) is 7.21. The molecule has 0 aliphatic heterocycles. The molecule has 2 rings (SSSR count). The van der Waals surface area contributed by atoms with Crippen LogP contribution in [-0.2, 0) is 34.5 Å². The minimum atomic E-state index is -2.67. The molecule has 5 unspecified atom stereocenters. The van der Waals surface area contributed by atoms with E-state index >= 15 is 0 Å². The van der Waals surface area contributed by atoms with Crippen molar-refractivity contribution in [2.75, 3.05) is 13.2 Å². The van der Waals surface area contributed by atoms with E-state index in [1.165, 1.54) is 0 Å². The van der Waals surface area contributed by atoms with Crippen molar-refractivity contribution in [3.63, 3.8) is 0 Å². The Labute approximate surface area is 156 Å². The Kier molecular flexibility index (Phi) is 6.68. The van der Waals surface area contributed by atoms with Gasteiger partial charge in [-0.3, -0.25) is 8.98 Å². The van der Waals surface area contributed by atoms with Crippen LogP contribution in [0, 0.1) is 16.7 Å². The molecule has 0 aromatic carbocycles. The molecule has 8 nitrogen and oxygen atoms in total. The highest BCUT2D eigenvalue weighted by molar-refractivity contribution is 7.74. The molecule has 0 spiro atoms. The van der Waals surface area contributed by atoms with Crippen molar-refractivity contribution < 1.29 is 36.7 Å². The third-order valence-corrected chi connectivity index (χ3v) is 6.03. The first-order valence-electron chi connectivity index (χ1n) is 8.86. The number of carbonyl (C=O) groups excluding carboxylic acids is 2. The number of rotatable bonds is 8. The Balaban J connectivity index is 1.80. The summed E-state index contributed by atoms with van der Waals surface area (Å²) in [6, 6.07) is 0. The van der Waals surface area contributed by atoms with Gasteiger partial charge in [-0.1, -0.05) is 13.8 Å². The van der Waals surface area contributed by atoms with Crippen LogP contribution >= 0.6 is 0 Å². The van der Waals surface area contributed by atoms with Gasteiger partial charge in [0.05, 0.1) is 16.8 Å². The number of esters is 1. The van der Waals surface area contributed by atoms with Gasteiger partial charge in [-0.15, -0.1) is 0 Å². The minimum Gasteiger partial charge on any atom is -0.750 e. The number of carbonyl (C=O) groups is 2. The molecule has 2 saturated carbocycles. The second-order valence-corrected chi connectivity index (χ2v) is 8.53. The van der Waals surface area contributed by atoms with Crippen molar-refractivity contribution in [1.29, 1.82) is 0 Å². The van der Waals surface area contributed by atoms with Gasteiger partial charge in [0.2, 0.25) is 0 Å². The van der Waals surface area contributed by atoms with E-state index in [0.29, 0.717) is 6.42 Å². The highest BCUT2D eigenvalue weighted by Gasteiger charge is 2.58. The SMILES string of the molecule is CCC(C)(C)C(=O)OCCOC(=O)OC1C(OS(=O)[O-])C2CCC1(C)C2. The number of hydrogen-bond donors (Lipinski definition) is 0. The lowest BCUT2D eigenvalue weighted by molar-refractivity contribution is -0.155. The lowest BCUT2D eigenvalue weighted by Crippen LogP contribution is -2.43. The lowest BCUT2D eigenvalue weighted by atomic mass is 9.83. The first kappa shape index (κ1) is 21.1. The van der Waals surface area contributed by atoms with Crippen LogP contribution in [-0.4, -0.2) is 46.3 Å². The highest BCUT2D eigenvalue weighted by Crippen LogP contribution is 2.56. The Morgan fingerprint density at radius 3 is 2.54 bits per heavy atom.